The van der Waals surface area contributed by atoms with Crippen molar-refractivity contribution in [1.82, 2.24) is 9.78 Å². The molecule has 0 radical (unpaired) electrons. The Morgan fingerprint density at radius 1 is 1.37 bits per heavy atom. The summed E-state index contributed by atoms with van der Waals surface area (Å²) in [7, 11) is 0. The van der Waals surface area contributed by atoms with Crippen molar-refractivity contribution in [1.29, 1.82) is 5.26 Å². The molecule has 1 N–H and O–H groups in total. The fraction of sp³-hybridized carbons (Fsp3) is 0.214. The van der Waals surface area contributed by atoms with E-state index >= 15 is 0 Å². The third-order valence-corrected chi connectivity index (χ3v) is 2.66. The molecule has 96 valence electrons. The normalized spacial score (nSPS) is 10.2. The van der Waals surface area contributed by atoms with Gasteiger partial charge in [-0.15, -0.1) is 0 Å². The lowest BCUT2D eigenvalue weighted by Gasteiger charge is -2.04. The highest BCUT2D eigenvalue weighted by Crippen LogP contribution is 2.12. The van der Waals surface area contributed by atoms with Gasteiger partial charge < -0.3 is 5.32 Å². The first kappa shape index (κ1) is 12.8. The Bertz CT molecular complexity index is 620. The molecule has 0 saturated heterocycles. The third-order valence-electron chi connectivity index (χ3n) is 2.66. The lowest BCUT2D eigenvalue weighted by Crippen LogP contribution is -2.11. The average molecular weight is 254 g/mol. The van der Waals surface area contributed by atoms with Crippen molar-refractivity contribution in [3.05, 3.63) is 47.8 Å². The molecule has 1 aromatic heterocycles. The predicted octanol–water partition coefficient (Wildman–Crippen LogP) is 2.59. The number of anilines is 1. The second-order valence-corrected chi connectivity index (χ2v) is 4.45. The fourth-order valence-electron chi connectivity index (χ4n) is 1.58. The van der Waals surface area contributed by atoms with Gasteiger partial charge in [-0.1, -0.05) is 0 Å². The van der Waals surface area contributed by atoms with Crippen molar-refractivity contribution in [2.75, 3.05) is 5.32 Å². The van der Waals surface area contributed by atoms with Crippen molar-refractivity contribution in [2.45, 2.75) is 19.9 Å². The van der Waals surface area contributed by atoms with Gasteiger partial charge >= 0.3 is 0 Å². The molecule has 5 heteroatoms. The molecule has 19 heavy (non-hydrogen) atoms. The number of hydrogen-bond acceptors (Lipinski definition) is 3. The number of carbonyl (C=O) groups is 1. The van der Waals surface area contributed by atoms with Crippen molar-refractivity contribution in [3.8, 4) is 6.07 Å². The molecule has 0 aliphatic heterocycles. The Morgan fingerprint density at radius 3 is 2.58 bits per heavy atom. The molecule has 0 unspecified atom stereocenters. The van der Waals surface area contributed by atoms with Gasteiger partial charge in [-0.05, 0) is 38.1 Å². The fourth-order valence-corrected chi connectivity index (χ4v) is 1.58. The van der Waals surface area contributed by atoms with E-state index in [-0.39, 0.29) is 11.9 Å². The molecule has 1 aromatic carbocycles. The van der Waals surface area contributed by atoms with E-state index in [4.69, 9.17) is 5.26 Å². The van der Waals surface area contributed by atoms with Crippen molar-refractivity contribution in [2.24, 2.45) is 0 Å². The van der Waals surface area contributed by atoms with Crippen LogP contribution in [-0.4, -0.2) is 15.7 Å². The molecule has 0 spiro atoms. The van der Waals surface area contributed by atoms with Crippen molar-refractivity contribution < 1.29 is 4.79 Å². The van der Waals surface area contributed by atoms with E-state index in [2.05, 4.69) is 10.4 Å². The summed E-state index contributed by atoms with van der Waals surface area (Å²) in [5.41, 5.74) is 1.70. The van der Waals surface area contributed by atoms with Crippen LogP contribution in [0.2, 0.25) is 0 Å². The number of nitrogens with zero attached hydrogens (tertiary/aromatic N) is 3. The Hall–Kier alpha value is -2.61. The van der Waals surface area contributed by atoms with Gasteiger partial charge in [0, 0.05) is 17.8 Å². The SMILES string of the molecule is CC(C)n1cc(NC(=O)c2ccc(C#N)cc2)cn1. The highest BCUT2D eigenvalue weighted by molar-refractivity contribution is 6.04. The van der Waals surface area contributed by atoms with Gasteiger partial charge in [0.15, 0.2) is 0 Å². The number of hydrogen-bond donors (Lipinski definition) is 1. The van der Waals surface area contributed by atoms with E-state index in [1.165, 1.54) is 0 Å². The second kappa shape index (κ2) is 5.36. The Morgan fingerprint density at radius 2 is 2.05 bits per heavy atom. The first-order chi connectivity index (χ1) is 9.10. The molecule has 0 atom stereocenters. The van der Waals surface area contributed by atoms with Crippen LogP contribution < -0.4 is 5.32 Å². The second-order valence-electron chi connectivity index (χ2n) is 4.45. The third kappa shape index (κ3) is 2.99. The first-order valence-electron chi connectivity index (χ1n) is 5.96. The number of carbonyl (C=O) groups excluding carboxylic acids is 1. The number of nitrogens with one attached hydrogen (secondary N) is 1. The Kier molecular flexibility index (Phi) is 3.62. The lowest BCUT2D eigenvalue weighted by molar-refractivity contribution is 0.102. The Labute approximate surface area is 111 Å². The number of amides is 1. The van der Waals surface area contributed by atoms with Gasteiger partial charge in [-0.3, -0.25) is 9.48 Å². The monoisotopic (exact) mass is 254 g/mol. The standard InChI is InChI=1S/C14H14N4O/c1-10(2)18-9-13(8-16-18)17-14(19)12-5-3-11(7-15)4-6-12/h3-6,8-10H,1-2H3,(H,17,19). The van der Waals surface area contributed by atoms with E-state index in [0.717, 1.165) is 0 Å². The van der Waals surface area contributed by atoms with Crippen LogP contribution in [0.5, 0.6) is 0 Å². The van der Waals surface area contributed by atoms with Gasteiger partial charge in [0.05, 0.1) is 23.5 Å². The highest BCUT2D eigenvalue weighted by Gasteiger charge is 2.08. The molecule has 1 amide bonds. The summed E-state index contributed by atoms with van der Waals surface area (Å²) >= 11 is 0. The molecule has 0 aliphatic carbocycles. The van der Waals surface area contributed by atoms with Crippen LogP contribution in [0.4, 0.5) is 5.69 Å². The minimum Gasteiger partial charge on any atom is -0.319 e. The zero-order valence-corrected chi connectivity index (χ0v) is 10.8. The average Bonchev–Trinajstić information content (AvgIpc) is 2.87. The van der Waals surface area contributed by atoms with Gasteiger partial charge in [-0.25, -0.2) is 0 Å². The molecule has 0 fully saturated rings. The van der Waals surface area contributed by atoms with Crippen LogP contribution in [0.15, 0.2) is 36.7 Å². The molecule has 2 rings (SSSR count). The summed E-state index contributed by atoms with van der Waals surface area (Å²) in [5.74, 6) is -0.215. The van der Waals surface area contributed by atoms with Gasteiger partial charge in [0.25, 0.3) is 5.91 Å². The number of rotatable bonds is 3. The summed E-state index contributed by atoms with van der Waals surface area (Å²) in [5, 5.41) is 15.6. The van der Waals surface area contributed by atoms with E-state index < -0.39 is 0 Å². The summed E-state index contributed by atoms with van der Waals surface area (Å²) < 4.78 is 1.77. The molecule has 0 saturated carbocycles. The van der Waals surface area contributed by atoms with Gasteiger partial charge in [-0.2, -0.15) is 10.4 Å². The zero-order valence-electron chi connectivity index (χ0n) is 10.8. The maximum Gasteiger partial charge on any atom is 0.255 e. The quantitative estimate of drug-likeness (QED) is 0.915. The maximum absolute atomic E-state index is 12.0. The minimum absolute atomic E-state index is 0.215. The topological polar surface area (TPSA) is 70.7 Å². The number of nitriles is 1. The summed E-state index contributed by atoms with van der Waals surface area (Å²) in [4.78, 5) is 12.0. The van der Waals surface area contributed by atoms with Crippen molar-refractivity contribution in [3.63, 3.8) is 0 Å². The van der Waals surface area contributed by atoms with E-state index in [1.807, 2.05) is 19.9 Å². The molecule has 5 nitrogen and oxygen atoms in total. The molecule has 0 aliphatic rings. The number of aromatic nitrogens is 2. The van der Waals surface area contributed by atoms with Gasteiger partial charge in [0.1, 0.15) is 0 Å². The minimum atomic E-state index is -0.215. The molecule has 0 bridgehead atoms. The summed E-state index contributed by atoms with van der Waals surface area (Å²) in [6.07, 6.45) is 3.40. The van der Waals surface area contributed by atoms with Crippen LogP contribution in [-0.2, 0) is 0 Å². The van der Waals surface area contributed by atoms with Gasteiger partial charge in [0.2, 0.25) is 0 Å². The smallest absolute Gasteiger partial charge is 0.255 e. The van der Waals surface area contributed by atoms with E-state index in [0.29, 0.717) is 16.8 Å². The van der Waals surface area contributed by atoms with E-state index in [1.54, 1.807) is 41.3 Å². The van der Waals surface area contributed by atoms with Crippen molar-refractivity contribution >= 4 is 11.6 Å². The molecule has 1 heterocycles. The zero-order chi connectivity index (χ0) is 13.8. The van der Waals surface area contributed by atoms with E-state index in [9.17, 15) is 4.79 Å². The van der Waals surface area contributed by atoms with Crippen LogP contribution in [0.1, 0.15) is 35.8 Å². The van der Waals surface area contributed by atoms with Crippen LogP contribution in [0.25, 0.3) is 0 Å². The molecular weight excluding hydrogens is 240 g/mol. The Balaban J connectivity index is 2.09. The summed E-state index contributed by atoms with van der Waals surface area (Å²) in [6, 6.07) is 8.75. The first-order valence-corrected chi connectivity index (χ1v) is 5.96. The van der Waals surface area contributed by atoms with Crippen LogP contribution in [0, 0.1) is 11.3 Å². The largest absolute Gasteiger partial charge is 0.319 e. The summed E-state index contributed by atoms with van der Waals surface area (Å²) in [6.45, 7) is 4.03. The van der Waals surface area contributed by atoms with Crippen LogP contribution >= 0.6 is 0 Å². The lowest BCUT2D eigenvalue weighted by atomic mass is 10.1. The maximum atomic E-state index is 12.0. The molecule has 2 aromatic rings. The van der Waals surface area contributed by atoms with Crippen LogP contribution in [0.3, 0.4) is 0 Å². The highest BCUT2D eigenvalue weighted by atomic mass is 16.1. The predicted molar refractivity (Wildman–Crippen MR) is 71.7 cm³/mol. The number of benzene rings is 1. The molecular formula is C14H14N4O.